The van der Waals surface area contributed by atoms with Crippen molar-refractivity contribution in [2.24, 2.45) is 10.9 Å². The zero-order valence-electron chi connectivity index (χ0n) is 15.8. The maximum absolute atomic E-state index is 6.09. The Hall–Kier alpha value is -1.67. The van der Waals surface area contributed by atoms with Crippen molar-refractivity contribution < 1.29 is 4.74 Å². The maximum atomic E-state index is 6.09. The van der Waals surface area contributed by atoms with Gasteiger partial charge in [0.2, 0.25) is 0 Å². The lowest BCUT2D eigenvalue weighted by Gasteiger charge is -2.32. The number of halogens is 1. The molecule has 6 heteroatoms. The third-order valence-corrected chi connectivity index (χ3v) is 4.57. The van der Waals surface area contributed by atoms with Crippen molar-refractivity contribution in [1.82, 2.24) is 15.6 Å². The van der Waals surface area contributed by atoms with Gasteiger partial charge in [0.15, 0.2) is 5.96 Å². The minimum atomic E-state index is 0. The molecule has 2 heterocycles. The monoisotopic (exact) mass is 480 g/mol. The van der Waals surface area contributed by atoms with E-state index in [0.717, 1.165) is 44.2 Å². The Balaban J connectivity index is 0.00000261. The number of nitrogens with zero attached hydrogens (tertiary/aromatic N) is 2. The molecule has 0 amide bonds. The van der Waals surface area contributed by atoms with Gasteiger partial charge < -0.3 is 15.4 Å². The molecule has 2 unspecified atom stereocenters. The van der Waals surface area contributed by atoms with Crippen LogP contribution in [0.3, 0.4) is 0 Å². The summed E-state index contributed by atoms with van der Waals surface area (Å²) < 4.78 is 6.09. The summed E-state index contributed by atoms with van der Waals surface area (Å²) in [4.78, 5) is 8.99. The average Bonchev–Trinajstić information content (AvgIpc) is 2.72. The minimum Gasteiger partial charge on any atom is -0.373 e. The smallest absolute Gasteiger partial charge is 0.191 e. The van der Waals surface area contributed by atoms with Crippen LogP contribution >= 0.6 is 24.0 Å². The number of guanidine groups is 1. The molecule has 1 aliphatic heterocycles. The number of ether oxygens (including phenoxy) is 1. The highest BCUT2D eigenvalue weighted by Crippen LogP contribution is 2.32. The Bertz CT molecular complexity index is 681. The lowest BCUT2D eigenvalue weighted by molar-refractivity contribution is -0.0265. The van der Waals surface area contributed by atoms with E-state index in [2.05, 4.69) is 51.8 Å². The van der Waals surface area contributed by atoms with Crippen molar-refractivity contribution in [3.05, 3.63) is 66.0 Å². The molecule has 1 aliphatic rings. The summed E-state index contributed by atoms with van der Waals surface area (Å²) in [6, 6.07) is 16.4. The summed E-state index contributed by atoms with van der Waals surface area (Å²) >= 11 is 0. The van der Waals surface area contributed by atoms with Crippen LogP contribution in [-0.4, -0.2) is 30.6 Å². The van der Waals surface area contributed by atoms with Gasteiger partial charge in [-0.2, -0.15) is 0 Å². The van der Waals surface area contributed by atoms with E-state index in [1.165, 1.54) is 5.56 Å². The maximum Gasteiger partial charge on any atom is 0.191 e. The van der Waals surface area contributed by atoms with Gasteiger partial charge in [-0.1, -0.05) is 36.4 Å². The number of benzene rings is 1. The van der Waals surface area contributed by atoms with Crippen molar-refractivity contribution in [3.8, 4) is 0 Å². The topological polar surface area (TPSA) is 58.5 Å². The number of nitrogens with one attached hydrogen (secondary N) is 2. The largest absolute Gasteiger partial charge is 0.373 e. The summed E-state index contributed by atoms with van der Waals surface area (Å²) in [5.74, 6) is 1.26. The summed E-state index contributed by atoms with van der Waals surface area (Å²) in [7, 11) is 0. The molecule has 0 spiro atoms. The lowest BCUT2D eigenvalue weighted by Crippen LogP contribution is -2.42. The molecule has 27 heavy (non-hydrogen) atoms. The number of hydrogen-bond donors (Lipinski definition) is 2. The third kappa shape index (κ3) is 6.77. The summed E-state index contributed by atoms with van der Waals surface area (Å²) in [6.07, 6.45) is 4.22. The fraction of sp³-hybridized carbons (Fsp3) is 0.429. The molecule has 2 atom stereocenters. The van der Waals surface area contributed by atoms with E-state index >= 15 is 0 Å². The van der Waals surface area contributed by atoms with E-state index in [9.17, 15) is 0 Å². The van der Waals surface area contributed by atoms with Crippen molar-refractivity contribution >= 4 is 29.9 Å². The van der Waals surface area contributed by atoms with Crippen LogP contribution in [-0.2, 0) is 11.3 Å². The standard InChI is InChI=1S/C21H28N4O.HI/c1-2-22-21(25-16-19-12-6-7-13-23-19)24-15-18-11-8-14-26-20(18)17-9-4-3-5-10-17;/h3-7,9-10,12-13,18,20H,2,8,11,14-16H2,1H3,(H2,22,24,25);1H. The van der Waals surface area contributed by atoms with Gasteiger partial charge in [0.1, 0.15) is 0 Å². The molecular weight excluding hydrogens is 451 g/mol. The highest BCUT2D eigenvalue weighted by molar-refractivity contribution is 14.0. The summed E-state index contributed by atoms with van der Waals surface area (Å²) in [5, 5.41) is 6.81. The van der Waals surface area contributed by atoms with E-state index in [1.807, 2.05) is 24.3 Å². The van der Waals surface area contributed by atoms with Crippen LogP contribution in [0.2, 0.25) is 0 Å². The van der Waals surface area contributed by atoms with Crippen LogP contribution in [0.15, 0.2) is 59.7 Å². The van der Waals surface area contributed by atoms with E-state index in [1.54, 1.807) is 6.20 Å². The molecule has 146 valence electrons. The van der Waals surface area contributed by atoms with Crippen LogP contribution in [0, 0.1) is 5.92 Å². The molecule has 2 N–H and O–H groups in total. The Morgan fingerprint density at radius 3 is 2.70 bits per heavy atom. The zero-order chi connectivity index (χ0) is 18.0. The number of pyridine rings is 1. The summed E-state index contributed by atoms with van der Waals surface area (Å²) in [5.41, 5.74) is 2.22. The van der Waals surface area contributed by atoms with Crippen molar-refractivity contribution in [1.29, 1.82) is 0 Å². The molecule has 1 aromatic carbocycles. The van der Waals surface area contributed by atoms with Gasteiger partial charge in [-0.3, -0.25) is 4.98 Å². The van der Waals surface area contributed by atoms with Crippen molar-refractivity contribution in [2.45, 2.75) is 32.4 Å². The van der Waals surface area contributed by atoms with Crippen LogP contribution in [0.1, 0.15) is 37.1 Å². The molecule has 0 aliphatic carbocycles. The predicted molar refractivity (Wildman–Crippen MR) is 120 cm³/mol. The van der Waals surface area contributed by atoms with Crippen LogP contribution in [0.5, 0.6) is 0 Å². The van der Waals surface area contributed by atoms with E-state index < -0.39 is 0 Å². The van der Waals surface area contributed by atoms with Crippen LogP contribution in [0.4, 0.5) is 0 Å². The Morgan fingerprint density at radius 1 is 1.15 bits per heavy atom. The van der Waals surface area contributed by atoms with Gasteiger partial charge in [0.25, 0.3) is 0 Å². The average molecular weight is 480 g/mol. The second kappa shape index (κ2) is 11.9. The molecule has 1 aromatic heterocycles. The van der Waals surface area contributed by atoms with Gasteiger partial charge in [0, 0.05) is 31.8 Å². The lowest BCUT2D eigenvalue weighted by atomic mass is 9.89. The van der Waals surface area contributed by atoms with Gasteiger partial charge in [-0.05, 0) is 37.5 Å². The quantitative estimate of drug-likeness (QED) is 0.374. The molecule has 5 nitrogen and oxygen atoms in total. The van der Waals surface area contributed by atoms with E-state index in [4.69, 9.17) is 4.74 Å². The molecule has 0 bridgehead atoms. The molecule has 2 aromatic rings. The fourth-order valence-corrected chi connectivity index (χ4v) is 3.28. The van der Waals surface area contributed by atoms with Crippen LogP contribution < -0.4 is 10.6 Å². The Morgan fingerprint density at radius 2 is 1.96 bits per heavy atom. The minimum absolute atomic E-state index is 0. The van der Waals surface area contributed by atoms with Crippen molar-refractivity contribution in [2.75, 3.05) is 19.7 Å². The first-order valence-electron chi connectivity index (χ1n) is 9.45. The van der Waals surface area contributed by atoms with Gasteiger partial charge in [-0.25, -0.2) is 4.99 Å². The molecule has 1 fully saturated rings. The normalized spacial score (nSPS) is 19.8. The zero-order valence-corrected chi connectivity index (χ0v) is 18.1. The van der Waals surface area contributed by atoms with Gasteiger partial charge >= 0.3 is 0 Å². The van der Waals surface area contributed by atoms with Crippen molar-refractivity contribution in [3.63, 3.8) is 0 Å². The number of rotatable bonds is 6. The number of aromatic nitrogens is 1. The van der Waals surface area contributed by atoms with E-state index in [0.29, 0.717) is 12.5 Å². The van der Waals surface area contributed by atoms with Gasteiger partial charge in [0.05, 0.1) is 18.3 Å². The molecule has 1 saturated heterocycles. The number of aliphatic imine (C=N–C) groups is 1. The first-order chi connectivity index (χ1) is 12.9. The van der Waals surface area contributed by atoms with Crippen LogP contribution in [0.25, 0.3) is 0 Å². The highest BCUT2D eigenvalue weighted by Gasteiger charge is 2.27. The molecule has 0 radical (unpaired) electrons. The highest BCUT2D eigenvalue weighted by atomic mass is 127. The number of hydrogen-bond acceptors (Lipinski definition) is 3. The Kier molecular flexibility index (Phi) is 9.55. The molecular formula is C21H29IN4O. The summed E-state index contributed by atoms with van der Waals surface area (Å²) in [6.45, 7) is 5.16. The van der Waals surface area contributed by atoms with E-state index in [-0.39, 0.29) is 30.1 Å². The molecule has 0 saturated carbocycles. The second-order valence-corrected chi connectivity index (χ2v) is 6.50. The Labute approximate surface area is 179 Å². The SMILES string of the molecule is CCNC(=NCc1ccccn1)NCC1CCCOC1c1ccccc1.I. The fourth-order valence-electron chi connectivity index (χ4n) is 3.28. The van der Waals surface area contributed by atoms with Gasteiger partial charge in [-0.15, -0.1) is 24.0 Å². The predicted octanol–water partition coefficient (Wildman–Crippen LogP) is 3.92. The second-order valence-electron chi connectivity index (χ2n) is 6.50. The third-order valence-electron chi connectivity index (χ3n) is 4.57. The molecule has 3 rings (SSSR count). The first kappa shape index (κ1) is 21.6. The first-order valence-corrected chi connectivity index (χ1v) is 9.45.